The summed E-state index contributed by atoms with van der Waals surface area (Å²) in [6.45, 7) is 1.08. The van der Waals surface area contributed by atoms with Crippen LogP contribution in [0, 0.1) is 6.92 Å². The number of hydrogen-bond acceptors (Lipinski definition) is 7. The van der Waals surface area contributed by atoms with Crippen molar-refractivity contribution in [3.8, 4) is 0 Å². The number of anilines is 1. The first-order chi connectivity index (χ1) is 11.5. The van der Waals surface area contributed by atoms with Gasteiger partial charge in [-0.25, -0.2) is 9.69 Å². The smallest absolute Gasteiger partial charge is 0.335 e. The molecule has 0 saturated carbocycles. The number of aryl methyl sites for hydroxylation is 1. The van der Waals surface area contributed by atoms with Crippen molar-refractivity contribution in [1.82, 2.24) is 15.0 Å². The number of amides is 5. The van der Waals surface area contributed by atoms with Crippen LogP contribution in [-0.4, -0.2) is 45.3 Å². The monoisotopic (exact) mass is 348 g/mol. The van der Waals surface area contributed by atoms with Crippen LogP contribution in [0.3, 0.4) is 0 Å². The van der Waals surface area contributed by atoms with E-state index in [1.54, 1.807) is 24.4 Å². The van der Waals surface area contributed by atoms with Crippen LogP contribution in [0.25, 0.3) is 0 Å². The summed E-state index contributed by atoms with van der Waals surface area (Å²) in [5.41, 5.74) is 0. The van der Waals surface area contributed by atoms with E-state index in [0.717, 1.165) is 9.78 Å². The number of imide groups is 2. The Labute approximate surface area is 139 Å². The van der Waals surface area contributed by atoms with Crippen LogP contribution in [0.2, 0.25) is 0 Å². The molecule has 2 aromatic heterocycles. The Hall–Kier alpha value is -3.01. The van der Waals surface area contributed by atoms with Crippen molar-refractivity contribution >= 4 is 40.9 Å². The van der Waals surface area contributed by atoms with Crippen molar-refractivity contribution in [2.24, 2.45) is 0 Å². The van der Waals surface area contributed by atoms with Crippen molar-refractivity contribution in [2.45, 2.75) is 13.5 Å². The summed E-state index contributed by atoms with van der Waals surface area (Å²) >= 11 is 1.36. The van der Waals surface area contributed by atoms with E-state index in [2.05, 4.69) is 10.5 Å². The van der Waals surface area contributed by atoms with Crippen molar-refractivity contribution in [3.05, 3.63) is 34.2 Å². The first kappa shape index (κ1) is 15.9. The normalized spacial score (nSPS) is 14.6. The number of aromatic nitrogens is 1. The molecule has 1 N–H and O–H groups in total. The van der Waals surface area contributed by atoms with Crippen LogP contribution in [0.5, 0.6) is 0 Å². The second-order valence-electron chi connectivity index (χ2n) is 5.02. The van der Waals surface area contributed by atoms with Gasteiger partial charge < -0.3 is 9.84 Å². The highest BCUT2D eigenvalue weighted by Crippen LogP contribution is 2.18. The molecule has 124 valence electrons. The lowest BCUT2D eigenvalue weighted by Gasteiger charge is -2.14. The van der Waals surface area contributed by atoms with Crippen LogP contribution in [-0.2, 0) is 20.9 Å². The summed E-state index contributed by atoms with van der Waals surface area (Å²) < 4.78 is 4.80. The van der Waals surface area contributed by atoms with E-state index in [-0.39, 0.29) is 12.4 Å². The molecule has 0 radical (unpaired) electrons. The van der Waals surface area contributed by atoms with E-state index < -0.39 is 30.3 Å². The van der Waals surface area contributed by atoms with Gasteiger partial charge in [-0.05, 0) is 18.4 Å². The quantitative estimate of drug-likeness (QED) is 0.636. The molecule has 10 heteroatoms. The molecule has 0 aromatic carbocycles. The Morgan fingerprint density at radius 1 is 1.29 bits per heavy atom. The van der Waals surface area contributed by atoms with Crippen LogP contribution in [0.1, 0.15) is 10.6 Å². The molecule has 5 amide bonds. The fourth-order valence-electron chi connectivity index (χ4n) is 2.14. The first-order valence-electron chi connectivity index (χ1n) is 6.88. The number of nitrogens with one attached hydrogen (secondary N) is 1. The molecule has 0 aliphatic carbocycles. The van der Waals surface area contributed by atoms with Gasteiger partial charge in [-0.3, -0.25) is 19.3 Å². The van der Waals surface area contributed by atoms with Crippen molar-refractivity contribution in [2.75, 3.05) is 11.9 Å². The van der Waals surface area contributed by atoms with Crippen LogP contribution in [0.15, 0.2) is 28.1 Å². The summed E-state index contributed by atoms with van der Waals surface area (Å²) in [5, 5.41) is 7.76. The molecule has 1 aliphatic rings. The van der Waals surface area contributed by atoms with Gasteiger partial charge in [0.1, 0.15) is 12.3 Å². The van der Waals surface area contributed by atoms with Crippen LogP contribution < -0.4 is 5.32 Å². The summed E-state index contributed by atoms with van der Waals surface area (Å²) in [7, 11) is 0. The van der Waals surface area contributed by atoms with E-state index in [1.165, 1.54) is 17.4 Å². The molecule has 9 nitrogen and oxygen atoms in total. The molecular weight excluding hydrogens is 336 g/mol. The van der Waals surface area contributed by atoms with Gasteiger partial charge in [-0.1, -0.05) is 11.2 Å². The van der Waals surface area contributed by atoms with E-state index in [0.29, 0.717) is 10.7 Å². The third kappa shape index (κ3) is 3.04. The average Bonchev–Trinajstić information content (AvgIpc) is 3.23. The molecule has 0 unspecified atom stereocenters. The summed E-state index contributed by atoms with van der Waals surface area (Å²) in [5.74, 6) is -1.97. The predicted molar refractivity (Wildman–Crippen MR) is 81.8 cm³/mol. The van der Waals surface area contributed by atoms with Crippen molar-refractivity contribution < 1.29 is 23.7 Å². The highest BCUT2D eigenvalue weighted by Gasteiger charge is 2.45. The zero-order valence-electron chi connectivity index (χ0n) is 12.5. The largest absolute Gasteiger partial charge is 0.360 e. The van der Waals surface area contributed by atoms with Gasteiger partial charge in [0, 0.05) is 10.9 Å². The van der Waals surface area contributed by atoms with E-state index in [4.69, 9.17) is 4.52 Å². The minimum atomic E-state index is -1.02. The fourth-order valence-corrected chi connectivity index (χ4v) is 2.83. The number of urea groups is 1. The second-order valence-corrected chi connectivity index (χ2v) is 6.05. The van der Waals surface area contributed by atoms with Gasteiger partial charge in [0.25, 0.3) is 0 Å². The molecule has 1 aliphatic heterocycles. The number of hydrogen-bond donors (Lipinski definition) is 1. The van der Waals surface area contributed by atoms with E-state index >= 15 is 0 Å². The number of nitrogens with zero attached hydrogens (tertiary/aromatic N) is 3. The zero-order chi connectivity index (χ0) is 17.3. The molecule has 3 heterocycles. The van der Waals surface area contributed by atoms with Crippen LogP contribution >= 0.6 is 11.3 Å². The maximum absolute atomic E-state index is 12.2. The number of thiophene rings is 1. The lowest BCUT2D eigenvalue weighted by Crippen LogP contribution is -2.38. The molecule has 0 spiro atoms. The van der Waals surface area contributed by atoms with Gasteiger partial charge in [0.05, 0.1) is 6.54 Å². The maximum Gasteiger partial charge on any atom is 0.335 e. The first-order valence-corrected chi connectivity index (χ1v) is 7.76. The third-order valence-electron chi connectivity index (χ3n) is 3.23. The number of rotatable bonds is 5. The van der Waals surface area contributed by atoms with Crippen molar-refractivity contribution in [1.29, 1.82) is 0 Å². The Bertz CT molecular complexity index is 813. The van der Waals surface area contributed by atoms with Gasteiger partial charge in [-0.15, -0.1) is 11.3 Å². The SMILES string of the molecule is Cc1cc(NC(=O)CN2C(=O)C(=O)N(Cc3cccs3)C2=O)no1. The molecule has 0 bridgehead atoms. The summed E-state index contributed by atoms with van der Waals surface area (Å²) in [6.07, 6.45) is 0. The molecule has 2 aromatic rings. The van der Waals surface area contributed by atoms with Crippen molar-refractivity contribution in [3.63, 3.8) is 0 Å². The van der Waals surface area contributed by atoms with Gasteiger partial charge in [0.15, 0.2) is 5.82 Å². The molecular formula is C14H12N4O5S. The standard InChI is InChI=1S/C14H12N4O5S/c1-8-5-10(16-23-8)15-11(19)7-18-13(21)12(20)17(14(18)22)6-9-3-2-4-24-9/h2-5H,6-7H2,1H3,(H,15,16,19). The predicted octanol–water partition coefficient (Wildman–Crippen LogP) is 0.974. The van der Waals surface area contributed by atoms with E-state index in [1.807, 2.05) is 0 Å². The summed E-state index contributed by atoms with van der Waals surface area (Å²) in [6, 6.07) is 4.19. The molecule has 3 rings (SSSR count). The Balaban J connectivity index is 1.67. The zero-order valence-corrected chi connectivity index (χ0v) is 13.3. The van der Waals surface area contributed by atoms with Gasteiger partial charge >= 0.3 is 17.8 Å². The topological polar surface area (TPSA) is 113 Å². The number of carbonyl (C=O) groups excluding carboxylic acids is 4. The Kier molecular flexibility index (Phi) is 4.13. The minimum Gasteiger partial charge on any atom is -0.360 e. The average molecular weight is 348 g/mol. The maximum atomic E-state index is 12.2. The highest BCUT2D eigenvalue weighted by molar-refractivity contribution is 7.09. The molecule has 1 fully saturated rings. The third-order valence-corrected chi connectivity index (χ3v) is 4.09. The van der Waals surface area contributed by atoms with Gasteiger partial charge in [-0.2, -0.15) is 0 Å². The Morgan fingerprint density at radius 2 is 2.04 bits per heavy atom. The van der Waals surface area contributed by atoms with E-state index in [9.17, 15) is 19.2 Å². The summed E-state index contributed by atoms with van der Waals surface area (Å²) in [4.78, 5) is 50.3. The second kappa shape index (κ2) is 6.24. The van der Waals surface area contributed by atoms with Gasteiger partial charge in [0.2, 0.25) is 5.91 Å². The fraction of sp³-hybridized carbons (Fsp3) is 0.214. The molecule has 24 heavy (non-hydrogen) atoms. The Morgan fingerprint density at radius 3 is 2.67 bits per heavy atom. The molecule has 0 atom stereocenters. The lowest BCUT2D eigenvalue weighted by atomic mass is 10.4. The number of carbonyl (C=O) groups is 4. The van der Waals surface area contributed by atoms with Crippen LogP contribution in [0.4, 0.5) is 10.6 Å². The highest BCUT2D eigenvalue weighted by atomic mass is 32.1. The lowest BCUT2D eigenvalue weighted by molar-refractivity contribution is -0.143. The minimum absolute atomic E-state index is 0.00166. The molecule has 1 saturated heterocycles.